The Morgan fingerprint density at radius 3 is 2.50 bits per heavy atom. The van der Waals surface area contributed by atoms with Crippen molar-refractivity contribution in [3.63, 3.8) is 0 Å². The molecule has 0 aliphatic heterocycles. The van der Waals surface area contributed by atoms with E-state index in [1.165, 1.54) is 20.3 Å². The van der Waals surface area contributed by atoms with Gasteiger partial charge < -0.3 is 10.1 Å². The Balaban J connectivity index is 2.49. The Bertz CT molecular complexity index is 615. The van der Waals surface area contributed by atoms with Gasteiger partial charge in [-0.1, -0.05) is 17.7 Å². The maximum Gasteiger partial charge on any atom is 0.119 e. The van der Waals surface area contributed by atoms with Crippen molar-refractivity contribution in [2.75, 3.05) is 14.2 Å². The first-order valence-corrected chi connectivity index (χ1v) is 7.79. The van der Waals surface area contributed by atoms with Crippen LogP contribution in [0.25, 0.3) is 0 Å². The third-order valence-electron chi connectivity index (χ3n) is 3.35. The molecule has 1 N–H and O–H groups in total. The van der Waals surface area contributed by atoms with Crippen molar-refractivity contribution in [3.8, 4) is 5.75 Å². The van der Waals surface area contributed by atoms with Crippen molar-refractivity contribution in [1.82, 2.24) is 5.32 Å². The summed E-state index contributed by atoms with van der Waals surface area (Å²) in [5, 5.41) is 4.13. The fourth-order valence-electron chi connectivity index (χ4n) is 2.31. The highest BCUT2D eigenvalue weighted by Crippen LogP contribution is 2.31. The van der Waals surface area contributed by atoms with Gasteiger partial charge >= 0.3 is 0 Å². The van der Waals surface area contributed by atoms with Crippen LogP contribution in [0.4, 0.5) is 0 Å². The van der Waals surface area contributed by atoms with Crippen LogP contribution in [-0.2, 0) is 0 Å². The number of hydrogen-bond donors (Lipinski definition) is 1. The smallest absolute Gasteiger partial charge is 0.119 e. The van der Waals surface area contributed by atoms with Gasteiger partial charge in [0, 0.05) is 8.59 Å². The molecule has 0 aromatic heterocycles. The van der Waals surface area contributed by atoms with E-state index in [0.29, 0.717) is 0 Å². The van der Waals surface area contributed by atoms with Gasteiger partial charge in [-0.15, -0.1) is 0 Å². The molecule has 2 nitrogen and oxygen atoms in total. The molecule has 0 bridgehead atoms. The van der Waals surface area contributed by atoms with Crippen LogP contribution in [0.5, 0.6) is 5.75 Å². The van der Waals surface area contributed by atoms with Gasteiger partial charge in [0.05, 0.1) is 13.2 Å². The molecule has 20 heavy (non-hydrogen) atoms. The van der Waals surface area contributed by atoms with Crippen LogP contribution >= 0.6 is 34.2 Å². The van der Waals surface area contributed by atoms with Crippen molar-refractivity contribution in [2.45, 2.75) is 13.0 Å². The third kappa shape index (κ3) is 3.27. The molecular weight excluding hydrogens is 385 g/mol. The zero-order valence-corrected chi connectivity index (χ0v) is 14.6. The number of aryl methyl sites for hydroxylation is 1. The molecule has 0 radical (unpaired) electrons. The summed E-state index contributed by atoms with van der Waals surface area (Å²) in [6.07, 6.45) is 0. The summed E-state index contributed by atoms with van der Waals surface area (Å²) in [5.74, 6) is 0.877. The lowest BCUT2D eigenvalue weighted by atomic mass is 9.95. The quantitative estimate of drug-likeness (QED) is 0.758. The Morgan fingerprint density at radius 2 is 1.90 bits per heavy atom. The molecule has 0 saturated heterocycles. The number of nitrogens with one attached hydrogen (secondary N) is 1. The molecule has 1 unspecified atom stereocenters. The van der Waals surface area contributed by atoms with E-state index in [4.69, 9.17) is 16.3 Å². The monoisotopic (exact) mass is 401 g/mol. The van der Waals surface area contributed by atoms with Crippen LogP contribution in [0.3, 0.4) is 0 Å². The highest BCUT2D eigenvalue weighted by Gasteiger charge is 2.17. The van der Waals surface area contributed by atoms with Gasteiger partial charge in [-0.05, 0) is 83.6 Å². The van der Waals surface area contributed by atoms with E-state index in [0.717, 1.165) is 10.8 Å². The Labute approximate surface area is 138 Å². The maximum atomic E-state index is 6.14. The second-order valence-electron chi connectivity index (χ2n) is 4.61. The molecule has 0 fully saturated rings. The van der Waals surface area contributed by atoms with E-state index in [2.05, 4.69) is 47.0 Å². The van der Waals surface area contributed by atoms with Crippen LogP contribution in [-0.4, -0.2) is 14.2 Å². The largest absolute Gasteiger partial charge is 0.497 e. The molecular formula is C16H17ClINO. The Morgan fingerprint density at radius 1 is 1.15 bits per heavy atom. The number of ether oxygens (including phenoxy) is 1. The van der Waals surface area contributed by atoms with E-state index in [9.17, 15) is 0 Å². The molecule has 0 amide bonds. The van der Waals surface area contributed by atoms with Crippen molar-refractivity contribution >= 4 is 34.2 Å². The second-order valence-corrected chi connectivity index (χ2v) is 6.21. The molecule has 2 aromatic carbocycles. The predicted octanol–water partition coefficient (Wildman–Crippen LogP) is 4.57. The van der Waals surface area contributed by atoms with Gasteiger partial charge in [0.1, 0.15) is 5.75 Å². The van der Waals surface area contributed by atoms with Gasteiger partial charge in [-0.25, -0.2) is 0 Å². The number of hydrogen-bond acceptors (Lipinski definition) is 2. The lowest BCUT2D eigenvalue weighted by Crippen LogP contribution is -2.19. The van der Waals surface area contributed by atoms with E-state index in [1.54, 1.807) is 7.11 Å². The normalized spacial score (nSPS) is 12.2. The van der Waals surface area contributed by atoms with Crippen LogP contribution in [0.15, 0.2) is 36.4 Å². The van der Waals surface area contributed by atoms with Crippen molar-refractivity contribution in [3.05, 3.63) is 61.7 Å². The predicted molar refractivity (Wildman–Crippen MR) is 92.8 cm³/mol. The third-order valence-corrected chi connectivity index (χ3v) is 4.56. The molecule has 2 aromatic rings. The molecule has 2 rings (SSSR count). The first kappa shape index (κ1) is 15.6. The van der Waals surface area contributed by atoms with Gasteiger partial charge in [0.2, 0.25) is 0 Å². The van der Waals surface area contributed by atoms with Crippen molar-refractivity contribution < 1.29 is 4.74 Å². The topological polar surface area (TPSA) is 21.3 Å². The van der Waals surface area contributed by atoms with E-state index in [1.807, 2.05) is 31.3 Å². The first-order valence-electron chi connectivity index (χ1n) is 6.33. The van der Waals surface area contributed by atoms with Crippen LogP contribution in [0, 0.1) is 10.5 Å². The lowest BCUT2D eigenvalue weighted by Gasteiger charge is -2.21. The summed E-state index contributed by atoms with van der Waals surface area (Å²) < 4.78 is 6.46. The highest BCUT2D eigenvalue weighted by molar-refractivity contribution is 14.1. The maximum absolute atomic E-state index is 6.14. The number of benzene rings is 2. The van der Waals surface area contributed by atoms with Gasteiger partial charge in [0.25, 0.3) is 0 Å². The van der Waals surface area contributed by atoms with Gasteiger partial charge in [-0.2, -0.15) is 0 Å². The fourth-order valence-corrected chi connectivity index (χ4v) is 3.14. The molecule has 0 heterocycles. The zero-order valence-electron chi connectivity index (χ0n) is 11.7. The Hall–Kier alpha value is -0.780. The zero-order chi connectivity index (χ0) is 14.7. The summed E-state index contributed by atoms with van der Waals surface area (Å²) >= 11 is 8.49. The SMILES string of the molecule is CNC(c1ccc(OC)cc1C)c1cc(Cl)ccc1I. The number of methoxy groups -OCH3 is 1. The summed E-state index contributed by atoms with van der Waals surface area (Å²) in [5.41, 5.74) is 3.61. The average molecular weight is 402 g/mol. The van der Waals surface area contributed by atoms with Gasteiger partial charge in [-0.3, -0.25) is 0 Å². The summed E-state index contributed by atoms with van der Waals surface area (Å²) in [4.78, 5) is 0. The minimum absolute atomic E-state index is 0.117. The lowest BCUT2D eigenvalue weighted by molar-refractivity contribution is 0.414. The molecule has 0 saturated carbocycles. The number of rotatable bonds is 4. The number of halogens is 2. The van der Waals surface area contributed by atoms with E-state index < -0.39 is 0 Å². The standard InChI is InChI=1S/C16H17ClINO/c1-10-8-12(20-3)5-6-13(10)16(19-2)14-9-11(17)4-7-15(14)18/h4-9,16,19H,1-3H3. The summed E-state index contributed by atoms with van der Waals surface area (Å²) in [6, 6.07) is 12.2. The summed E-state index contributed by atoms with van der Waals surface area (Å²) in [6.45, 7) is 2.10. The molecule has 106 valence electrons. The van der Waals surface area contributed by atoms with Crippen LogP contribution in [0.2, 0.25) is 5.02 Å². The highest BCUT2D eigenvalue weighted by atomic mass is 127. The minimum Gasteiger partial charge on any atom is -0.497 e. The molecule has 0 aliphatic rings. The van der Waals surface area contributed by atoms with E-state index in [-0.39, 0.29) is 6.04 Å². The molecule has 0 spiro atoms. The minimum atomic E-state index is 0.117. The van der Waals surface area contributed by atoms with Gasteiger partial charge in [0.15, 0.2) is 0 Å². The van der Waals surface area contributed by atoms with Crippen molar-refractivity contribution in [2.24, 2.45) is 0 Å². The average Bonchev–Trinajstić information content (AvgIpc) is 2.44. The van der Waals surface area contributed by atoms with Crippen LogP contribution in [0.1, 0.15) is 22.7 Å². The van der Waals surface area contributed by atoms with Crippen molar-refractivity contribution in [1.29, 1.82) is 0 Å². The van der Waals surface area contributed by atoms with Crippen LogP contribution < -0.4 is 10.1 Å². The molecule has 4 heteroatoms. The molecule has 0 aliphatic carbocycles. The van der Waals surface area contributed by atoms with E-state index >= 15 is 0 Å². The summed E-state index contributed by atoms with van der Waals surface area (Å²) in [7, 11) is 3.65. The molecule has 1 atom stereocenters. The fraction of sp³-hybridized carbons (Fsp3) is 0.250. The first-order chi connectivity index (χ1) is 9.56. The Kier molecular flexibility index (Phi) is 5.29. The second kappa shape index (κ2) is 6.78.